The van der Waals surface area contributed by atoms with Crippen molar-refractivity contribution in [1.29, 1.82) is 0 Å². The third-order valence-electron chi connectivity index (χ3n) is 4.37. The summed E-state index contributed by atoms with van der Waals surface area (Å²) < 4.78 is 10.5. The Kier molecular flexibility index (Phi) is 9.40. The fraction of sp³-hybridized carbons (Fsp3) is 0.217. The Morgan fingerprint density at radius 3 is 1.55 bits per heavy atom. The van der Waals surface area contributed by atoms with Crippen molar-refractivity contribution in [2.75, 3.05) is 26.4 Å². The SMILES string of the molecule is C#CN=Nc1ccccc1C(=O)OCC(CO)(CO)COC(=O)c1ccccc1N=NC#C. The number of rotatable bonds is 10. The maximum absolute atomic E-state index is 12.5. The van der Waals surface area contributed by atoms with E-state index in [0.717, 1.165) is 0 Å². The van der Waals surface area contributed by atoms with E-state index in [1.165, 1.54) is 24.3 Å². The maximum Gasteiger partial charge on any atom is 0.340 e. The third-order valence-corrected chi connectivity index (χ3v) is 4.37. The molecule has 0 heterocycles. The molecule has 10 nitrogen and oxygen atoms in total. The minimum atomic E-state index is -1.46. The fourth-order valence-corrected chi connectivity index (χ4v) is 2.50. The van der Waals surface area contributed by atoms with Crippen molar-refractivity contribution >= 4 is 23.3 Å². The van der Waals surface area contributed by atoms with Gasteiger partial charge in [-0.05, 0) is 24.3 Å². The van der Waals surface area contributed by atoms with Crippen LogP contribution >= 0.6 is 0 Å². The van der Waals surface area contributed by atoms with Crippen molar-refractivity contribution in [3.8, 4) is 24.9 Å². The van der Waals surface area contributed by atoms with Crippen molar-refractivity contribution in [3.63, 3.8) is 0 Å². The zero-order chi connectivity index (χ0) is 24.1. The molecule has 0 atom stereocenters. The molecule has 2 rings (SSSR count). The van der Waals surface area contributed by atoms with E-state index in [0.29, 0.717) is 0 Å². The molecule has 0 bridgehead atoms. The first-order valence-electron chi connectivity index (χ1n) is 9.47. The van der Waals surface area contributed by atoms with Gasteiger partial charge in [0.05, 0.1) is 41.8 Å². The van der Waals surface area contributed by atoms with Gasteiger partial charge in [0, 0.05) is 0 Å². The summed E-state index contributed by atoms with van der Waals surface area (Å²) in [5.74, 6) is -1.58. The van der Waals surface area contributed by atoms with Crippen molar-refractivity contribution in [2.24, 2.45) is 25.9 Å². The monoisotopic (exact) mass is 448 g/mol. The number of carbonyl (C=O) groups is 2. The number of benzene rings is 2. The van der Waals surface area contributed by atoms with E-state index in [1.54, 1.807) is 24.3 Å². The Bertz CT molecular complexity index is 1040. The predicted molar refractivity (Wildman–Crippen MR) is 117 cm³/mol. The molecule has 0 fully saturated rings. The molecular formula is C23H20N4O6. The van der Waals surface area contributed by atoms with Crippen LogP contribution in [0.5, 0.6) is 0 Å². The third kappa shape index (κ3) is 6.80. The lowest BCUT2D eigenvalue weighted by molar-refractivity contribution is -0.0522. The van der Waals surface area contributed by atoms with Gasteiger partial charge < -0.3 is 19.7 Å². The van der Waals surface area contributed by atoms with E-state index in [-0.39, 0.29) is 22.5 Å². The first-order valence-corrected chi connectivity index (χ1v) is 9.47. The van der Waals surface area contributed by atoms with Crippen molar-refractivity contribution in [2.45, 2.75) is 0 Å². The number of nitrogens with zero attached hydrogens (tertiary/aromatic N) is 4. The summed E-state index contributed by atoms with van der Waals surface area (Å²) in [7, 11) is 0. The Morgan fingerprint density at radius 1 is 0.788 bits per heavy atom. The molecule has 0 spiro atoms. The molecule has 0 aliphatic heterocycles. The largest absolute Gasteiger partial charge is 0.461 e. The second kappa shape index (κ2) is 12.5. The predicted octanol–water partition coefficient (Wildman–Crippen LogP) is 3.02. The molecule has 168 valence electrons. The van der Waals surface area contributed by atoms with E-state index in [1.807, 2.05) is 12.1 Å². The van der Waals surface area contributed by atoms with Crippen molar-refractivity contribution in [3.05, 3.63) is 59.7 Å². The van der Waals surface area contributed by atoms with Gasteiger partial charge in [-0.3, -0.25) is 0 Å². The van der Waals surface area contributed by atoms with Gasteiger partial charge in [0.2, 0.25) is 0 Å². The Labute approximate surface area is 190 Å². The fourth-order valence-electron chi connectivity index (χ4n) is 2.50. The molecule has 2 aromatic rings. The number of azo groups is 2. The molecular weight excluding hydrogens is 428 g/mol. The van der Waals surface area contributed by atoms with Crippen LogP contribution in [0.4, 0.5) is 11.4 Å². The van der Waals surface area contributed by atoms with Gasteiger partial charge in [-0.15, -0.1) is 10.2 Å². The number of terminal acetylenes is 2. The average Bonchev–Trinajstić information content (AvgIpc) is 2.86. The molecule has 0 saturated heterocycles. The molecule has 0 radical (unpaired) electrons. The molecule has 33 heavy (non-hydrogen) atoms. The Balaban J connectivity index is 2.11. The van der Waals surface area contributed by atoms with Gasteiger partial charge in [-0.2, -0.15) is 0 Å². The van der Waals surface area contributed by atoms with Gasteiger partial charge in [0.15, 0.2) is 0 Å². The lowest BCUT2D eigenvalue weighted by Crippen LogP contribution is -2.41. The summed E-state index contributed by atoms with van der Waals surface area (Å²) in [6, 6.07) is 16.3. The highest BCUT2D eigenvalue weighted by atomic mass is 16.6. The highest BCUT2D eigenvalue weighted by Crippen LogP contribution is 2.24. The molecule has 0 aromatic heterocycles. The molecule has 2 N–H and O–H groups in total. The average molecular weight is 448 g/mol. The minimum absolute atomic E-state index is 0.0751. The van der Waals surface area contributed by atoms with Gasteiger partial charge in [-0.25, -0.2) is 9.59 Å². The van der Waals surface area contributed by atoms with Crippen LogP contribution in [0.1, 0.15) is 20.7 Å². The number of carbonyl (C=O) groups excluding carboxylic acids is 2. The van der Waals surface area contributed by atoms with Crippen LogP contribution in [-0.2, 0) is 9.47 Å². The van der Waals surface area contributed by atoms with E-state index < -0.39 is 43.8 Å². The summed E-state index contributed by atoms with van der Waals surface area (Å²) in [6.45, 7) is -2.18. The Hall–Kier alpha value is -4.38. The topological polar surface area (TPSA) is 142 Å². The molecule has 0 aliphatic carbocycles. The molecule has 0 saturated carbocycles. The van der Waals surface area contributed by atoms with Crippen molar-refractivity contribution in [1.82, 2.24) is 0 Å². The number of hydrogen-bond donors (Lipinski definition) is 2. The summed E-state index contributed by atoms with van der Waals surface area (Å²) in [4.78, 5) is 25.1. The summed E-state index contributed by atoms with van der Waals surface area (Å²) in [5.41, 5.74) is -0.945. The standard InChI is InChI=1S/C23H20N4O6/c1-3-24-26-19-11-7-5-9-17(19)21(30)32-15-23(13-28,14-29)16-33-22(31)18-10-6-8-12-20(18)27-25-4-2/h1-2,5-12,28-29H,13-16H2. The number of esters is 2. The minimum Gasteiger partial charge on any atom is -0.461 e. The Morgan fingerprint density at radius 2 is 1.18 bits per heavy atom. The lowest BCUT2D eigenvalue weighted by atomic mass is 9.92. The van der Waals surface area contributed by atoms with E-state index in [2.05, 4.69) is 20.5 Å². The highest BCUT2D eigenvalue weighted by molar-refractivity contribution is 5.95. The molecule has 0 unspecified atom stereocenters. The van der Waals surface area contributed by atoms with Crippen LogP contribution in [0.3, 0.4) is 0 Å². The second-order valence-corrected chi connectivity index (χ2v) is 6.66. The number of aliphatic hydroxyl groups excluding tert-OH is 2. The van der Waals surface area contributed by atoms with Crippen molar-refractivity contribution < 1.29 is 29.3 Å². The van der Waals surface area contributed by atoms with Crippen LogP contribution in [0, 0.1) is 30.4 Å². The van der Waals surface area contributed by atoms with Crippen LogP contribution in [0.15, 0.2) is 69.0 Å². The molecule has 0 amide bonds. The van der Waals surface area contributed by atoms with Crippen LogP contribution in [0.25, 0.3) is 0 Å². The maximum atomic E-state index is 12.5. The molecule has 10 heteroatoms. The van der Waals surface area contributed by atoms with Crippen LogP contribution in [-0.4, -0.2) is 48.6 Å². The molecule has 0 aliphatic rings. The van der Waals surface area contributed by atoms with Crippen LogP contribution in [0.2, 0.25) is 0 Å². The van der Waals surface area contributed by atoms with E-state index in [9.17, 15) is 19.8 Å². The van der Waals surface area contributed by atoms with E-state index in [4.69, 9.17) is 22.3 Å². The number of hydrogen-bond acceptors (Lipinski definition) is 10. The van der Waals surface area contributed by atoms with Crippen LogP contribution < -0.4 is 0 Å². The quantitative estimate of drug-likeness (QED) is 0.325. The first kappa shape index (κ1) is 24.9. The smallest absolute Gasteiger partial charge is 0.340 e. The summed E-state index contributed by atoms with van der Waals surface area (Å²) in [6.07, 6.45) is 10.1. The van der Waals surface area contributed by atoms with Gasteiger partial charge in [0.1, 0.15) is 24.6 Å². The first-order chi connectivity index (χ1) is 16.0. The zero-order valence-electron chi connectivity index (χ0n) is 17.4. The highest BCUT2D eigenvalue weighted by Gasteiger charge is 2.34. The summed E-state index contributed by atoms with van der Waals surface area (Å²) >= 11 is 0. The summed E-state index contributed by atoms with van der Waals surface area (Å²) in [5, 5.41) is 34.0. The van der Waals surface area contributed by atoms with E-state index >= 15 is 0 Å². The number of ether oxygens (including phenoxy) is 2. The number of aliphatic hydroxyl groups is 2. The lowest BCUT2D eigenvalue weighted by Gasteiger charge is -2.28. The molecule has 2 aromatic carbocycles. The van der Waals surface area contributed by atoms with Gasteiger partial charge in [0.25, 0.3) is 0 Å². The second-order valence-electron chi connectivity index (χ2n) is 6.66. The zero-order valence-corrected chi connectivity index (χ0v) is 17.4. The van der Waals surface area contributed by atoms with Gasteiger partial charge in [-0.1, -0.05) is 47.3 Å². The normalized spacial score (nSPS) is 11.2. The van der Waals surface area contributed by atoms with Gasteiger partial charge >= 0.3 is 11.9 Å².